The predicted octanol–water partition coefficient (Wildman–Crippen LogP) is 2.75. The molecule has 0 aliphatic rings. The number of benzene rings is 2. The Morgan fingerprint density at radius 1 is 1.12 bits per heavy atom. The van der Waals surface area contributed by atoms with Crippen LogP contribution in [-0.2, 0) is 19.8 Å². The zero-order valence-corrected chi connectivity index (χ0v) is 13.6. The number of aliphatic hydroxyl groups excluding tert-OH is 2. The second kappa shape index (κ2) is 7.42. The Bertz CT molecular complexity index is 854. The van der Waals surface area contributed by atoms with Gasteiger partial charge < -0.3 is 19.5 Å². The molecule has 0 saturated heterocycles. The second-order valence-corrected chi connectivity index (χ2v) is 5.49. The van der Waals surface area contributed by atoms with Crippen molar-refractivity contribution in [3.05, 3.63) is 64.7 Å². The van der Waals surface area contributed by atoms with E-state index < -0.39 is 19.0 Å². The van der Waals surface area contributed by atoms with Crippen LogP contribution >= 0.6 is 0 Å². The molecule has 130 valence electrons. The average molecular weight is 344 g/mol. The van der Waals surface area contributed by atoms with Crippen molar-refractivity contribution < 1.29 is 23.9 Å². The third kappa shape index (κ3) is 3.67. The molecule has 0 unspecified atom stereocenters. The molecule has 0 amide bonds. The van der Waals surface area contributed by atoms with Gasteiger partial charge in [-0.05, 0) is 30.7 Å². The van der Waals surface area contributed by atoms with Gasteiger partial charge in [-0.15, -0.1) is 0 Å². The number of nitrogens with zero attached hydrogens (tertiary/aromatic N) is 2. The highest BCUT2D eigenvalue weighted by molar-refractivity contribution is 5.57. The molecule has 3 rings (SSSR count). The largest absolute Gasteiger partial charge is 0.485 e. The van der Waals surface area contributed by atoms with Crippen LogP contribution in [0.5, 0.6) is 5.75 Å². The normalized spacial score (nSPS) is 10.9. The van der Waals surface area contributed by atoms with E-state index in [4.69, 9.17) is 9.26 Å². The Labute approximate surface area is 143 Å². The van der Waals surface area contributed by atoms with Crippen LogP contribution < -0.4 is 4.74 Å². The van der Waals surface area contributed by atoms with Gasteiger partial charge in [0.05, 0.1) is 13.2 Å². The fourth-order valence-electron chi connectivity index (χ4n) is 2.50. The van der Waals surface area contributed by atoms with Crippen molar-refractivity contribution >= 4 is 0 Å². The molecule has 6 nitrogen and oxygen atoms in total. The van der Waals surface area contributed by atoms with Gasteiger partial charge in [-0.2, -0.15) is 4.98 Å². The number of ether oxygens (including phenoxy) is 1. The van der Waals surface area contributed by atoms with Crippen molar-refractivity contribution in [3.8, 4) is 17.2 Å². The number of hydrogen-bond donors (Lipinski definition) is 2. The second-order valence-electron chi connectivity index (χ2n) is 5.49. The van der Waals surface area contributed by atoms with Crippen LogP contribution in [0.2, 0.25) is 0 Å². The van der Waals surface area contributed by atoms with Crippen molar-refractivity contribution in [2.75, 3.05) is 0 Å². The Hall–Kier alpha value is -2.77. The summed E-state index contributed by atoms with van der Waals surface area (Å²) in [7, 11) is 0. The number of hydrogen-bond acceptors (Lipinski definition) is 6. The highest BCUT2D eigenvalue weighted by Crippen LogP contribution is 2.27. The quantitative estimate of drug-likeness (QED) is 0.715. The van der Waals surface area contributed by atoms with E-state index in [-0.39, 0.29) is 23.5 Å². The fraction of sp³-hybridized carbons (Fsp3) is 0.222. The predicted molar refractivity (Wildman–Crippen MR) is 87.0 cm³/mol. The van der Waals surface area contributed by atoms with Gasteiger partial charge in [0, 0.05) is 16.7 Å². The molecule has 0 spiro atoms. The standard InChI is InChI=1S/C18H17FN2O4/c1-11-4-2-3-5-15(11)18-20-16(21-25-18)10-24-17-12(8-22)6-14(19)7-13(17)9-23/h2-7,22-23H,8-10H2,1H3. The zero-order chi connectivity index (χ0) is 17.8. The Morgan fingerprint density at radius 3 is 2.44 bits per heavy atom. The first kappa shape index (κ1) is 17.1. The summed E-state index contributed by atoms with van der Waals surface area (Å²) in [4.78, 5) is 4.28. The summed E-state index contributed by atoms with van der Waals surface area (Å²) in [6.07, 6.45) is 0. The molecule has 1 aromatic heterocycles. The van der Waals surface area contributed by atoms with E-state index in [0.29, 0.717) is 11.7 Å². The average Bonchev–Trinajstić information content (AvgIpc) is 3.08. The maximum absolute atomic E-state index is 13.5. The summed E-state index contributed by atoms with van der Waals surface area (Å²) < 4.78 is 24.3. The molecule has 0 radical (unpaired) electrons. The molecule has 3 aromatic rings. The zero-order valence-electron chi connectivity index (χ0n) is 13.6. The topological polar surface area (TPSA) is 88.6 Å². The van der Waals surface area contributed by atoms with Crippen molar-refractivity contribution in [1.29, 1.82) is 0 Å². The summed E-state index contributed by atoms with van der Waals surface area (Å²) >= 11 is 0. The highest BCUT2D eigenvalue weighted by Gasteiger charge is 2.15. The number of aromatic nitrogens is 2. The summed E-state index contributed by atoms with van der Waals surface area (Å²) in [6.45, 7) is 1.07. The minimum atomic E-state index is -0.554. The van der Waals surface area contributed by atoms with Crippen LogP contribution in [0.3, 0.4) is 0 Å². The van der Waals surface area contributed by atoms with E-state index in [1.807, 2.05) is 31.2 Å². The summed E-state index contributed by atoms with van der Waals surface area (Å²) in [5.74, 6) is 0.339. The maximum atomic E-state index is 13.5. The molecule has 0 bridgehead atoms. The SMILES string of the molecule is Cc1ccccc1-c1nc(COc2c(CO)cc(F)cc2CO)no1. The van der Waals surface area contributed by atoms with Crippen LogP contribution in [0.25, 0.3) is 11.5 Å². The van der Waals surface area contributed by atoms with Crippen LogP contribution in [0.4, 0.5) is 4.39 Å². The van der Waals surface area contributed by atoms with Crippen LogP contribution in [0.15, 0.2) is 40.9 Å². The molecule has 0 atom stereocenters. The van der Waals surface area contributed by atoms with Gasteiger partial charge in [-0.1, -0.05) is 23.4 Å². The van der Waals surface area contributed by atoms with Crippen LogP contribution in [0.1, 0.15) is 22.5 Å². The van der Waals surface area contributed by atoms with Gasteiger partial charge in [0.15, 0.2) is 6.61 Å². The van der Waals surface area contributed by atoms with Crippen molar-refractivity contribution in [2.45, 2.75) is 26.7 Å². The van der Waals surface area contributed by atoms with Gasteiger partial charge in [0.25, 0.3) is 5.89 Å². The highest BCUT2D eigenvalue weighted by atomic mass is 19.1. The minimum Gasteiger partial charge on any atom is -0.485 e. The lowest BCUT2D eigenvalue weighted by atomic mass is 10.1. The molecule has 25 heavy (non-hydrogen) atoms. The van der Waals surface area contributed by atoms with E-state index in [1.54, 1.807) is 0 Å². The lowest BCUT2D eigenvalue weighted by Crippen LogP contribution is -2.04. The maximum Gasteiger partial charge on any atom is 0.258 e. The van der Waals surface area contributed by atoms with E-state index in [2.05, 4.69) is 10.1 Å². The summed E-state index contributed by atoms with van der Waals surface area (Å²) in [6, 6.07) is 9.92. The molecule has 0 saturated carbocycles. The van der Waals surface area contributed by atoms with Gasteiger partial charge >= 0.3 is 0 Å². The van der Waals surface area contributed by atoms with Gasteiger partial charge in [-0.3, -0.25) is 0 Å². The van der Waals surface area contributed by atoms with Crippen molar-refractivity contribution in [3.63, 3.8) is 0 Å². The Morgan fingerprint density at radius 2 is 1.80 bits per heavy atom. The lowest BCUT2D eigenvalue weighted by Gasteiger charge is -2.13. The molecule has 0 fully saturated rings. The summed E-state index contributed by atoms with van der Waals surface area (Å²) in [5, 5.41) is 22.6. The van der Waals surface area contributed by atoms with Crippen LogP contribution in [0, 0.1) is 12.7 Å². The Balaban J connectivity index is 1.80. The van der Waals surface area contributed by atoms with Crippen molar-refractivity contribution in [2.24, 2.45) is 0 Å². The molecular formula is C18H17FN2O4. The first-order valence-electron chi connectivity index (χ1n) is 7.66. The van der Waals surface area contributed by atoms with E-state index in [0.717, 1.165) is 23.3 Å². The monoisotopic (exact) mass is 344 g/mol. The molecular weight excluding hydrogens is 327 g/mol. The lowest BCUT2D eigenvalue weighted by molar-refractivity contribution is 0.236. The van der Waals surface area contributed by atoms with Gasteiger partial charge in [-0.25, -0.2) is 4.39 Å². The third-order valence-corrected chi connectivity index (χ3v) is 3.74. The number of aryl methyl sites for hydroxylation is 1. The van der Waals surface area contributed by atoms with Gasteiger partial charge in [0.1, 0.15) is 11.6 Å². The summed E-state index contributed by atoms with van der Waals surface area (Å²) in [5.41, 5.74) is 2.32. The van der Waals surface area contributed by atoms with Gasteiger partial charge in [0.2, 0.25) is 5.82 Å². The smallest absolute Gasteiger partial charge is 0.258 e. The third-order valence-electron chi connectivity index (χ3n) is 3.74. The minimum absolute atomic E-state index is 0.0407. The number of rotatable bonds is 6. The van der Waals surface area contributed by atoms with E-state index in [1.165, 1.54) is 0 Å². The first-order valence-corrected chi connectivity index (χ1v) is 7.66. The fourth-order valence-corrected chi connectivity index (χ4v) is 2.50. The van der Waals surface area contributed by atoms with E-state index >= 15 is 0 Å². The number of halogens is 1. The molecule has 2 aromatic carbocycles. The molecule has 1 heterocycles. The molecule has 0 aliphatic heterocycles. The molecule has 0 aliphatic carbocycles. The molecule has 2 N–H and O–H groups in total. The number of aliphatic hydroxyl groups is 2. The van der Waals surface area contributed by atoms with Crippen molar-refractivity contribution in [1.82, 2.24) is 10.1 Å². The van der Waals surface area contributed by atoms with E-state index in [9.17, 15) is 14.6 Å². The Kier molecular flexibility index (Phi) is 5.06. The van der Waals surface area contributed by atoms with Crippen LogP contribution in [-0.4, -0.2) is 20.4 Å². The first-order chi connectivity index (χ1) is 12.1. The molecule has 7 heteroatoms.